The summed E-state index contributed by atoms with van der Waals surface area (Å²) in [6.45, 7) is 1.13. The van der Waals surface area contributed by atoms with Crippen molar-refractivity contribution in [3.8, 4) is 0 Å². The zero-order chi connectivity index (χ0) is 13.4. The van der Waals surface area contributed by atoms with E-state index in [-0.39, 0.29) is 0 Å². The van der Waals surface area contributed by atoms with E-state index in [0.29, 0.717) is 13.8 Å². The molecule has 9 heteroatoms. The van der Waals surface area contributed by atoms with Crippen LogP contribution in [0.2, 0.25) is 0 Å². The molecule has 2 nitrogen and oxygen atoms in total. The van der Waals surface area contributed by atoms with Crippen molar-refractivity contribution in [1.29, 1.82) is 0 Å². The Kier molecular flexibility index (Phi) is 3.83. The monoisotopic (exact) mass is 256 g/mol. The van der Waals surface area contributed by atoms with Gasteiger partial charge in [0.05, 0.1) is 0 Å². The van der Waals surface area contributed by atoms with Gasteiger partial charge in [0.25, 0.3) is 5.67 Å². The van der Waals surface area contributed by atoms with Crippen molar-refractivity contribution >= 4 is 5.97 Å². The molecular formula is C7H7F7O2. The van der Waals surface area contributed by atoms with Crippen molar-refractivity contribution in [1.82, 2.24) is 0 Å². The highest BCUT2D eigenvalue weighted by atomic mass is 19.4. The molecule has 1 unspecified atom stereocenters. The van der Waals surface area contributed by atoms with Gasteiger partial charge in [-0.1, -0.05) is 13.8 Å². The predicted molar refractivity (Wildman–Crippen MR) is 36.9 cm³/mol. The van der Waals surface area contributed by atoms with Gasteiger partial charge in [0.15, 0.2) is 0 Å². The van der Waals surface area contributed by atoms with E-state index in [1.54, 1.807) is 0 Å². The number of carbonyl (C=O) groups excluding carboxylic acids is 1. The number of hydrogen-bond acceptors (Lipinski definition) is 2. The zero-order valence-corrected chi connectivity index (χ0v) is 8.04. The number of rotatable bonds is 3. The second-order valence-electron chi connectivity index (χ2n) is 3.30. The molecular weight excluding hydrogens is 249 g/mol. The average molecular weight is 256 g/mol. The molecule has 0 N–H and O–H groups in total. The molecule has 0 aliphatic heterocycles. The first-order valence-electron chi connectivity index (χ1n) is 3.89. The van der Waals surface area contributed by atoms with Crippen molar-refractivity contribution in [2.24, 2.45) is 5.92 Å². The summed E-state index contributed by atoms with van der Waals surface area (Å²) in [7, 11) is 0. The Balaban J connectivity index is 5.63. The third-order valence-electron chi connectivity index (χ3n) is 1.98. The molecule has 0 amide bonds. The van der Waals surface area contributed by atoms with Crippen LogP contribution < -0.4 is 0 Å². The zero-order valence-electron chi connectivity index (χ0n) is 8.04. The van der Waals surface area contributed by atoms with Gasteiger partial charge < -0.3 is 0 Å². The maximum Gasteiger partial charge on any atom is 0.457 e. The standard InChI is InChI=1S/C7H7F7O2/c1-3(2)5(8,4(15)16-14)6(9,10)7(11,12)13/h3H,1-2H3. The fraction of sp³-hybridized carbons (Fsp3) is 0.857. The molecule has 0 aromatic carbocycles. The van der Waals surface area contributed by atoms with Crippen LogP contribution in [-0.2, 0) is 9.74 Å². The molecule has 0 fully saturated rings. The van der Waals surface area contributed by atoms with E-state index >= 15 is 0 Å². The summed E-state index contributed by atoms with van der Waals surface area (Å²) in [5, 5.41) is 0. The first-order valence-corrected chi connectivity index (χ1v) is 3.89. The molecule has 0 aliphatic rings. The summed E-state index contributed by atoms with van der Waals surface area (Å²) in [5.74, 6) is -11.1. The maximum atomic E-state index is 13.4. The topological polar surface area (TPSA) is 26.3 Å². The average Bonchev–Trinajstić information content (AvgIpc) is 2.12. The molecule has 16 heavy (non-hydrogen) atoms. The summed E-state index contributed by atoms with van der Waals surface area (Å²) >= 11 is 0. The minimum Gasteiger partial charge on any atom is -0.251 e. The summed E-state index contributed by atoms with van der Waals surface area (Å²) < 4.78 is 85.8. The summed E-state index contributed by atoms with van der Waals surface area (Å²) in [6.07, 6.45) is -6.33. The van der Waals surface area contributed by atoms with Gasteiger partial charge in [-0.15, -0.1) is 0 Å². The summed E-state index contributed by atoms with van der Waals surface area (Å²) in [4.78, 5) is 12.6. The predicted octanol–water partition coefficient (Wildman–Crippen LogP) is 2.98. The minimum absolute atomic E-state index is 0.566. The lowest BCUT2D eigenvalue weighted by Crippen LogP contribution is -2.61. The molecule has 0 heterocycles. The van der Waals surface area contributed by atoms with E-state index in [4.69, 9.17) is 0 Å². The van der Waals surface area contributed by atoms with Crippen LogP contribution in [0.25, 0.3) is 0 Å². The Morgan fingerprint density at radius 3 is 1.62 bits per heavy atom. The van der Waals surface area contributed by atoms with Crippen molar-refractivity contribution in [2.45, 2.75) is 31.6 Å². The Bertz CT molecular complexity index is 272. The quantitative estimate of drug-likeness (QED) is 0.725. The van der Waals surface area contributed by atoms with Gasteiger partial charge >= 0.3 is 18.1 Å². The molecule has 96 valence electrons. The van der Waals surface area contributed by atoms with Gasteiger partial charge in [-0.05, 0) is 0 Å². The SMILES string of the molecule is CC(C)C(F)(C(=O)OF)C(F)(F)C(F)(F)F. The number of alkyl halides is 6. The van der Waals surface area contributed by atoms with Crippen molar-refractivity contribution < 1.29 is 40.6 Å². The molecule has 0 saturated carbocycles. The summed E-state index contributed by atoms with van der Waals surface area (Å²) in [6, 6.07) is 0. The number of hydrogen-bond donors (Lipinski definition) is 0. The molecule has 0 rings (SSSR count). The molecule has 0 radical (unpaired) electrons. The highest BCUT2D eigenvalue weighted by Crippen LogP contribution is 2.49. The molecule has 1 atom stereocenters. The number of carbonyl (C=O) groups is 1. The highest BCUT2D eigenvalue weighted by molar-refractivity contribution is 5.81. The molecule has 0 aliphatic carbocycles. The minimum atomic E-state index is -6.33. The van der Waals surface area contributed by atoms with Crippen LogP contribution in [0.1, 0.15) is 13.8 Å². The van der Waals surface area contributed by atoms with Gasteiger partial charge in [0.1, 0.15) is 0 Å². The molecule has 0 bridgehead atoms. The Morgan fingerprint density at radius 1 is 1.06 bits per heavy atom. The van der Waals surface area contributed by atoms with E-state index < -0.39 is 29.7 Å². The normalized spacial score (nSPS) is 17.1. The molecule has 0 aromatic rings. The Morgan fingerprint density at radius 2 is 1.44 bits per heavy atom. The maximum absolute atomic E-state index is 13.4. The van der Waals surface area contributed by atoms with E-state index in [1.807, 2.05) is 0 Å². The molecule has 0 aromatic heterocycles. The summed E-state index contributed by atoms with van der Waals surface area (Å²) in [5.41, 5.74) is -4.81. The van der Waals surface area contributed by atoms with Crippen LogP contribution >= 0.6 is 0 Å². The van der Waals surface area contributed by atoms with Crippen LogP contribution in [-0.4, -0.2) is 23.7 Å². The second kappa shape index (κ2) is 4.10. The third kappa shape index (κ3) is 1.94. The first kappa shape index (κ1) is 15.0. The third-order valence-corrected chi connectivity index (χ3v) is 1.98. The largest absolute Gasteiger partial charge is 0.457 e. The second-order valence-corrected chi connectivity index (χ2v) is 3.30. The lowest BCUT2D eigenvalue weighted by Gasteiger charge is -2.33. The van der Waals surface area contributed by atoms with Crippen molar-refractivity contribution in [3.63, 3.8) is 0 Å². The van der Waals surface area contributed by atoms with Gasteiger partial charge in [0, 0.05) is 10.4 Å². The molecule has 0 spiro atoms. The van der Waals surface area contributed by atoms with Crippen LogP contribution in [0.5, 0.6) is 0 Å². The fourth-order valence-corrected chi connectivity index (χ4v) is 0.989. The van der Waals surface area contributed by atoms with Gasteiger partial charge in [0.2, 0.25) is 0 Å². The smallest absolute Gasteiger partial charge is 0.251 e. The van der Waals surface area contributed by atoms with Gasteiger partial charge in [-0.2, -0.15) is 22.0 Å². The van der Waals surface area contributed by atoms with E-state index in [1.165, 1.54) is 0 Å². The van der Waals surface area contributed by atoms with Crippen molar-refractivity contribution in [2.75, 3.05) is 0 Å². The lowest BCUT2D eigenvalue weighted by molar-refractivity contribution is -0.335. The van der Waals surface area contributed by atoms with E-state index in [9.17, 15) is 35.7 Å². The Labute approximate surface area is 85.3 Å². The van der Waals surface area contributed by atoms with Crippen LogP contribution in [0.4, 0.5) is 30.9 Å². The lowest BCUT2D eigenvalue weighted by atomic mass is 9.85. The van der Waals surface area contributed by atoms with E-state index in [0.717, 1.165) is 0 Å². The fourth-order valence-electron chi connectivity index (χ4n) is 0.989. The van der Waals surface area contributed by atoms with Crippen LogP contribution in [0, 0.1) is 5.92 Å². The van der Waals surface area contributed by atoms with Gasteiger partial charge in [-0.3, -0.25) is 4.94 Å². The van der Waals surface area contributed by atoms with Gasteiger partial charge in [-0.25, -0.2) is 9.18 Å². The molecule has 0 saturated heterocycles. The van der Waals surface area contributed by atoms with Crippen molar-refractivity contribution in [3.05, 3.63) is 0 Å². The number of halogens is 7. The van der Waals surface area contributed by atoms with E-state index in [2.05, 4.69) is 4.94 Å². The highest BCUT2D eigenvalue weighted by Gasteiger charge is 2.76. The first-order chi connectivity index (χ1) is 6.92. The van der Waals surface area contributed by atoms with Crippen LogP contribution in [0.3, 0.4) is 0 Å². The Hall–Kier alpha value is -1.02. The van der Waals surface area contributed by atoms with Crippen LogP contribution in [0.15, 0.2) is 0 Å².